The summed E-state index contributed by atoms with van der Waals surface area (Å²) >= 11 is 6.12. The summed E-state index contributed by atoms with van der Waals surface area (Å²) in [6.45, 7) is 4.48. The summed E-state index contributed by atoms with van der Waals surface area (Å²) in [6, 6.07) is 5.28. The van der Waals surface area contributed by atoms with E-state index in [4.69, 9.17) is 11.6 Å². The Balaban J connectivity index is 2.37. The number of amides is 1. The molecule has 0 bridgehead atoms. The standard InChI is InChI=1S/C15H18ClN3O2/c1-3-13-18-12-7-4-6-11(16)14(12)15(21)19(13)9-5-8-17-10(2)20/h4,6-7H,3,5,8-9H2,1-2H3,(H,17,20). The van der Waals surface area contributed by atoms with Crippen LogP contribution in [-0.4, -0.2) is 22.0 Å². The van der Waals surface area contributed by atoms with Crippen molar-refractivity contribution in [3.63, 3.8) is 0 Å². The molecule has 0 aliphatic carbocycles. The van der Waals surface area contributed by atoms with E-state index in [9.17, 15) is 9.59 Å². The highest BCUT2D eigenvalue weighted by Crippen LogP contribution is 2.18. The number of nitrogens with one attached hydrogen (secondary N) is 1. The van der Waals surface area contributed by atoms with Gasteiger partial charge in [-0.1, -0.05) is 24.6 Å². The average Bonchev–Trinajstić information content (AvgIpc) is 2.44. The van der Waals surface area contributed by atoms with Crippen molar-refractivity contribution in [2.24, 2.45) is 0 Å². The van der Waals surface area contributed by atoms with Crippen LogP contribution < -0.4 is 10.9 Å². The lowest BCUT2D eigenvalue weighted by atomic mass is 10.2. The van der Waals surface area contributed by atoms with Gasteiger partial charge in [-0.15, -0.1) is 0 Å². The molecule has 1 aromatic heterocycles. The lowest BCUT2D eigenvalue weighted by Crippen LogP contribution is -2.28. The quantitative estimate of drug-likeness (QED) is 0.861. The Bertz CT molecular complexity index is 725. The van der Waals surface area contributed by atoms with Gasteiger partial charge >= 0.3 is 0 Å². The molecule has 0 saturated carbocycles. The summed E-state index contributed by atoms with van der Waals surface area (Å²) in [4.78, 5) is 28.0. The second kappa shape index (κ2) is 6.72. The fourth-order valence-corrected chi connectivity index (χ4v) is 2.52. The normalized spacial score (nSPS) is 10.8. The van der Waals surface area contributed by atoms with Crippen LogP contribution in [0.1, 0.15) is 26.1 Å². The molecule has 2 aromatic rings. The molecule has 1 aromatic carbocycles. The number of carbonyl (C=O) groups excluding carboxylic acids is 1. The van der Waals surface area contributed by atoms with Crippen LogP contribution in [0.5, 0.6) is 0 Å². The zero-order valence-corrected chi connectivity index (χ0v) is 12.9. The van der Waals surface area contributed by atoms with Crippen LogP contribution in [0, 0.1) is 0 Å². The Morgan fingerprint density at radius 3 is 2.86 bits per heavy atom. The van der Waals surface area contributed by atoms with Crippen molar-refractivity contribution < 1.29 is 4.79 Å². The first kappa shape index (κ1) is 15.5. The first-order valence-corrected chi connectivity index (χ1v) is 7.34. The number of hydrogen-bond donors (Lipinski definition) is 1. The van der Waals surface area contributed by atoms with E-state index in [1.165, 1.54) is 6.92 Å². The SMILES string of the molecule is CCc1nc2cccc(Cl)c2c(=O)n1CCCNC(C)=O. The fraction of sp³-hybridized carbons (Fsp3) is 0.400. The lowest BCUT2D eigenvalue weighted by molar-refractivity contribution is -0.118. The maximum Gasteiger partial charge on any atom is 0.262 e. The topological polar surface area (TPSA) is 64.0 Å². The second-order valence-electron chi connectivity index (χ2n) is 4.81. The van der Waals surface area contributed by atoms with E-state index in [0.717, 1.165) is 5.82 Å². The van der Waals surface area contributed by atoms with Gasteiger partial charge in [0, 0.05) is 26.4 Å². The van der Waals surface area contributed by atoms with Gasteiger partial charge in [0.1, 0.15) is 5.82 Å². The van der Waals surface area contributed by atoms with Gasteiger partial charge in [0.2, 0.25) is 5.91 Å². The van der Waals surface area contributed by atoms with Crippen molar-refractivity contribution in [2.75, 3.05) is 6.54 Å². The Morgan fingerprint density at radius 1 is 1.43 bits per heavy atom. The van der Waals surface area contributed by atoms with E-state index in [0.29, 0.717) is 41.9 Å². The minimum absolute atomic E-state index is 0.0715. The Hall–Kier alpha value is -1.88. The lowest BCUT2D eigenvalue weighted by Gasteiger charge is -2.13. The van der Waals surface area contributed by atoms with Crippen molar-refractivity contribution >= 4 is 28.4 Å². The summed E-state index contributed by atoms with van der Waals surface area (Å²) < 4.78 is 1.65. The highest BCUT2D eigenvalue weighted by molar-refractivity contribution is 6.35. The van der Waals surface area contributed by atoms with E-state index in [2.05, 4.69) is 10.3 Å². The molecule has 0 saturated heterocycles. The van der Waals surface area contributed by atoms with Crippen LogP contribution >= 0.6 is 11.6 Å². The number of benzene rings is 1. The van der Waals surface area contributed by atoms with E-state index >= 15 is 0 Å². The van der Waals surface area contributed by atoms with E-state index in [1.807, 2.05) is 6.92 Å². The molecule has 0 radical (unpaired) electrons. The molecule has 0 spiro atoms. The summed E-state index contributed by atoms with van der Waals surface area (Å²) in [5.74, 6) is 0.662. The van der Waals surface area contributed by atoms with Crippen molar-refractivity contribution in [3.05, 3.63) is 39.4 Å². The molecule has 1 amide bonds. The number of carbonyl (C=O) groups is 1. The molecule has 1 N–H and O–H groups in total. The van der Waals surface area contributed by atoms with Crippen LogP contribution in [0.4, 0.5) is 0 Å². The smallest absolute Gasteiger partial charge is 0.262 e. The average molecular weight is 308 g/mol. The van der Waals surface area contributed by atoms with Gasteiger partial charge in [0.25, 0.3) is 5.56 Å². The van der Waals surface area contributed by atoms with Gasteiger partial charge in [-0.3, -0.25) is 14.2 Å². The molecule has 0 fully saturated rings. The molecule has 0 aliphatic heterocycles. The molecule has 6 heteroatoms. The number of halogens is 1. The minimum Gasteiger partial charge on any atom is -0.356 e. The Morgan fingerprint density at radius 2 is 2.19 bits per heavy atom. The van der Waals surface area contributed by atoms with Gasteiger partial charge in [0.15, 0.2) is 0 Å². The third-order valence-electron chi connectivity index (χ3n) is 3.26. The second-order valence-corrected chi connectivity index (χ2v) is 5.22. The minimum atomic E-state index is -0.120. The van der Waals surface area contributed by atoms with E-state index < -0.39 is 0 Å². The number of rotatable bonds is 5. The van der Waals surface area contributed by atoms with Crippen LogP contribution in [-0.2, 0) is 17.8 Å². The molecular formula is C15H18ClN3O2. The summed E-state index contributed by atoms with van der Waals surface area (Å²) in [5, 5.41) is 3.59. The van der Waals surface area contributed by atoms with Crippen molar-refractivity contribution in [1.29, 1.82) is 0 Å². The van der Waals surface area contributed by atoms with Gasteiger partial charge in [-0.2, -0.15) is 0 Å². The highest BCUT2D eigenvalue weighted by atomic mass is 35.5. The zero-order valence-electron chi connectivity index (χ0n) is 12.1. The third kappa shape index (κ3) is 3.42. The zero-order chi connectivity index (χ0) is 15.4. The first-order valence-electron chi connectivity index (χ1n) is 6.97. The molecule has 2 rings (SSSR count). The van der Waals surface area contributed by atoms with Gasteiger partial charge in [-0.05, 0) is 18.6 Å². The first-order chi connectivity index (χ1) is 10.0. The monoisotopic (exact) mass is 307 g/mol. The van der Waals surface area contributed by atoms with Crippen LogP contribution in [0.3, 0.4) is 0 Å². The predicted octanol–water partition coefficient (Wildman–Crippen LogP) is 2.14. The molecule has 112 valence electrons. The summed E-state index contributed by atoms with van der Waals surface area (Å²) in [5.41, 5.74) is 0.507. The number of hydrogen-bond acceptors (Lipinski definition) is 3. The largest absolute Gasteiger partial charge is 0.356 e. The maximum absolute atomic E-state index is 12.6. The summed E-state index contributed by atoms with van der Waals surface area (Å²) in [7, 11) is 0. The summed E-state index contributed by atoms with van der Waals surface area (Å²) in [6.07, 6.45) is 1.34. The maximum atomic E-state index is 12.6. The van der Waals surface area contributed by atoms with Crippen LogP contribution in [0.2, 0.25) is 5.02 Å². The van der Waals surface area contributed by atoms with Crippen LogP contribution in [0.15, 0.2) is 23.0 Å². The van der Waals surface area contributed by atoms with Gasteiger partial charge in [-0.25, -0.2) is 4.98 Å². The van der Waals surface area contributed by atoms with Crippen molar-refractivity contribution in [1.82, 2.24) is 14.9 Å². The Labute approximate surface area is 127 Å². The number of aryl methyl sites for hydroxylation is 1. The van der Waals surface area contributed by atoms with Crippen molar-refractivity contribution in [2.45, 2.75) is 33.2 Å². The van der Waals surface area contributed by atoms with Gasteiger partial charge < -0.3 is 5.32 Å². The highest BCUT2D eigenvalue weighted by Gasteiger charge is 2.12. The molecule has 0 unspecified atom stereocenters. The third-order valence-corrected chi connectivity index (χ3v) is 3.58. The predicted molar refractivity (Wildman–Crippen MR) is 83.7 cm³/mol. The molecular weight excluding hydrogens is 290 g/mol. The number of fused-ring (bicyclic) bond motifs is 1. The van der Waals surface area contributed by atoms with Crippen LogP contribution in [0.25, 0.3) is 10.9 Å². The van der Waals surface area contributed by atoms with E-state index in [-0.39, 0.29) is 11.5 Å². The molecule has 21 heavy (non-hydrogen) atoms. The van der Waals surface area contributed by atoms with Crippen molar-refractivity contribution in [3.8, 4) is 0 Å². The fourth-order valence-electron chi connectivity index (χ4n) is 2.27. The van der Waals surface area contributed by atoms with Gasteiger partial charge in [0.05, 0.1) is 15.9 Å². The molecule has 1 heterocycles. The molecule has 5 nitrogen and oxygen atoms in total. The number of aromatic nitrogens is 2. The number of nitrogens with zero attached hydrogens (tertiary/aromatic N) is 2. The molecule has 0 atom stereocenters. The Kier molecular flexibility index (Phi) is 4.96. The molecule has 0 aliphatic rings. The van der Waals surface area contributed by atoms with E-state index in [1.54, 1.807) is 22.8 Å².